The topological polar surface area (TPSA) is 52.6 Å². The smallest absolute Gasteiger partial charge is 0.212 e. The van der Waals surface area contributed by atoms with Crippen LogP contribution in [0.1, 0.15) is 10.6 Å². The van der Waals surface area contributed by atoms with Gasteiger partial charge in [0.25, 0.3) is 0 Å². The highest BCUT2D eigenvalue weighted by molar-refractivity contribution is 7.16. The van der Waals surface area contributed by atoms with E-state index in [1.807, 2.05) is 31.3 Å². The number of aryl methyl sites for hydroxylation is 1. The van der Waals surface area contributed by atoms with Crippen molar-refractivity contribution < 1.29 is 9.15 Å². The van der Waals surface area contributed by atoms with E-state index in [4.69, 9.17) is 20.8 Å². The average Bonchev–Trinajstić information content (AvgIpc) is 3.17. The predicted octanol–water partition coefficient (Wildman–Crippen LogP) is 4.26. The molecule has 1 aromatic carbocycles. The maximum absolute atomic E-state index is 6.03. The van der Waals surface area contributed by atoms with Gasteiger partial charge in [0.05, 0.1) is 13.3 Å². The summed E-state index contributed by atoms with van der Waals surface area (Å²) in [6.07, 6.45) is 1.87. The molecule has 0 aliphatic heterocycles. The minimum absolute atomic E-state index is 0.395. The van der Waals surface area contributed by atoms with Crippen molar-refractivity contribution >= 4 is 38.9 Å². The molecule has 0 unspecified atom stereocenters. The third-order valence-electron chi connectivity index (χ3n) is 3.47. The number of halogens is 1. The van der Waals surface area contributed by atoms with E-state index < -0.39 is 0 Å². The first-order valence-electron chi connectivity index (χ1n) is 6.67. The molecule has 0 fully saturated rings. The van der Waals surface area contributed by atoms with Crippen LogP contribution in [0.25, 0.3) is 27.4 Å². The molecule has 4 rings (SSSR count). The molecule has 5 nitrogen and oxygen atoms in total. The van der Waals surface area contributed by atoms with Gasteiger partial charge in [-0.15, -0.1) is 11.6 Å². The standard InChI is InChI=1S/C15H12ClN3O2S/c1-8-18-19-7-12(17-15(19)22-8)14-5-11-9(6-16)3-10(20-2)4-13(11)21-14/h3-5,7H,6H2,1-2H3. The zero-order valence-corrected chi connectivity index (χ0v) is 13.5. The summed E-state index contributed by atoms with van der Waals surface area (Å²) >= 11 is 7.58. The Morgan fingerprint density at radius 1 is 1.36 bits per heavy atom. The second kappa shape index (κ2) is 5.00. The van der Waals surface area contributed by atoms with Crippen LogP contribution in [0.2, 0.25) is 0 Å². The Labute approximate surface area is 135 Å². The number of ether oxygens (including phenoxy) is 1. The van der Waals surface area contributed by atoms with E-state index in [0.717, 1.165) is 37.9 Å². The molecule has 7 heteroatoms. The third kappa shape index (κ3) is 2.07. The molecular weight excluding hydrogens is 322 g/mol. The molecule has 0 N–H and O–H groups in total. The van der Waals surface area contributed by atoms with Crippen molar-refractivity contribution in [2.75, 3.05) is 7.11 Å². The van der Waals surface area contributed by atoms with Crippen molar-refractivity contribution in [1.29, 1.82) is 0 Å². The highest BCUT2D eigenvalue weighted by Crippen LogP contribution is 2.33. The zero-order chi connectivity index (χ0) is 15.3. The van der Waals surface area contributed by atoms with Gasteiger partial charge in [-0.05, 0) is 24.6 Å². The lowest BCUT2D eigenvalue weighted by Gasteiger charge is -2.02. The van der Waals surface area contributed by atoms with Crippen molar-refractivity contribution in [2.24, 2.45) is 0 Å². The maximum atomic E-state index is 6.03. The van der Waals surface area contributed by atoms with Gasteiger partial charge in [-0.2, -0.15) is 5.10 Å². The average molecular weight is 334 g/mol. The van der Waals surface area contributed by atoms with Crippen LogP contribution in [0.4, 0.5) is 0 Å². The maximum Gasteiger partial charge on any atom is 0.212 e. The Morgan fingerprint density at radius 2 is 2.23 bits per heavy atom. The molecule has 22 heavy (non-hydrogen) atoms. The van der Waals surface area contributed by atoms with Gasteiger partial charge in [-0.25, -0.2) is 9.50 Å². The number of nitrogens with zero attached hydrogens (tertiary/aromatic N) is 3. The molecule has 3 heterocycles. The largest absolute Gasteiger partial charge is 0.497 e. The van der Waals surface area contributed by atoms with E-state index in [9.17, 15) is 0 Å². The Hall–Kier alpha value is -2.05. The number of aromatic nitrogens is 3. The molecule has 112 valence electrons. The zero-order valence-electron chi connectivity index (χ0n) is 12.0. The molecule has 0 bridgehead atoms. The number of furan rings is 1. The van der Waals surface area contributed by atoms with Gasteiger partial charge in [-0.1, -0.05) is 11.3 Å². The lowest BCUT2D eigenvalue weighted by Crippen LogP contribution is -1.85. The molecule has 0 saturated heterocycles. The second-order valence-electron chi connectivity index (χ2n) is 4.92. The van der Waals surface area contributed by atoms with Gasteiger partial charge < -0.3 is 9.15 Å². The van der Waals surface area contributed by atoms with E-state index in [1.165, 1.54) is 0 Å². The molecule has 3 aromatic heterocycles. The van der Waals surface area contributed by atoms with Gasteiger partial charge in [-0.3, -0.25) is 0 Å². The van der Waals surface area contributed by atoms with Crippen LogP contribution in [0.5, 0.6) is 5.75 Å². The SMILES string of the molecule is COc1cc(CCl)c2cc(-c3cn4nc(C)sc4n3)oc2c1. The number of rotatable bonds is 3. The van der Waals surface area contributed by atoms with Crippen LogP contribution in [0.3, 0.4) is 0 Å². The minimum atomic E-state index is 0.395. The highest BCUT2D eigenvalue weighted by Gasteiger charge is 2.15. The normalized spacial score (nSPS) is 11.6. The number of methoxy groups -OCH3 is 1. The molecule has 0 aliphatic rings. The fourth-order valence-electron chi connectivity index (χ4n) is 2.46. The first-order valence-corrected chi connectivity index (χ1v) is 8.02. The summed E-state index contributed by atoms with van der Waals surface area (Å²) in [6, 6.07) is 5.74. The summed E-state index contributed by atoms with van der Waals surface area (Å²) in [4.78, 5) is 5.41. The number of fused-ring (bicyclic) bond motifs is 2. The number of imidazole rings is 1. The van der Waals surface area contributed by atoms with Crippen LogP contribution in [0.15, 0.2) is 28.8 Å². The van der Waals surface area contributed by atoms with Crippen molar-refractivity contribution in [3.63, 3.8) is 0 Å². The van der Waals surface area contributed by atoms with Crippen molar-refractivity contribution in [2.45, 2.75) is 12.8 Å². The van der Waals surface area contributed by atoms with Crippen LogP contribution in [-0.2, 0) is 5.88 Å². The highest BCUT2D eigenvalue weighted by atomic mass is 35.5. The van der Waals surface area contributed by atoms with Crippen molar-refractivity contribution in [3.05, 3.63) is 35.0 Å². The summed E-state index contributed by atoms with van der Waals surface area (Å²) in [7, 11) is 1.63. The molecule has 0 radical (unpaired) electrons. The van der Waals surface area contributed by atoms with Gasteiger partial charge >= 0.3 is 0 Å². The van der Waals surface area contributed by atoms with E-state index in [1.54, 1.807) is 23.0 Å². The second-order valence-corrected chi connectivity index (χ2v) is 6.34. The van der Waals surface area contributed by atoms with E-state index in [0.29, 0.717) is 11.6 Å². The summed E-state index contributed by atoms with van der Waals surface area (Å²) < 4.78 is 13.0. The monoisotopic (exact) mass is 333 g/mol. The van der Waals surface area contributed by atoms with Crippen molar-refractivity contribution in [1.82, 2.24) is 14.6 Å². The predicted molar refractivity (Wildman–Crippen MR) is 86.9 cm³/mol. The Kier molecular flexibility index (Phi) is 3.09. The summed E-state index contributed by atoms with van der Waals surface area (Å²) in [5, 5.41) is 6.32. The van der Waals surface area contributed by atoms with Crippen LogP contribution >= 0.6 is 22.9 Å². The minimum Gasteiger partial charge on any atom is -0.497 e. The first-order chi connectivity index (χ1) is 10.7. The van der Waals surface area contributed by atoms with Crippen molar-refractivity contribution in [3.8, 4) is 17.2 Å². The van der Waals surface area contributed by atoms with Crippen LogP contribution in [0, 0.1) is 6.92 Å². The third-order valence-corrected chi connectivity index (χ3v) is 4.60. The number of benzene rings is 1. The fraction of sp³-hybridized carbons (Fsp3) is 0.200. The Bertz CT molecular complexity index is 954. The summed E-state index contributed by atoms with van der Waals surface area (Å²) in [5.74, 6) is 1.82. The molecule has 0 amide bonds. The number of hydrogen-bond acceptors (Lipinski definition) is 5. The lowest BCUT2D eigenvalue weighted by atomic mass is 10.1. The van der Waals surface area contributed by atoms with Crippen LogP contribution in [-0.4, -0.2) is 21.7 Å². The van der Waals surface area contributed by atoms with Crippen LogP contribution < -0.4 is 4.74 Å². The summed E-state index contributed by atoms with van der Waals surface area (Å²) in [6.45, 7) is 1.96. The number of alkyl halides is 1. The van der Waals surface area contributed by atoms with E-state index in [-0.39, 0.29) is 0 Å². The molecule has 0 atom stereocenters. The van der Waals surface area contributed by atoms with Gasteiger partial charge in [0.2, 0.25) is 4.96 Å². The quantitative estimate of drug-likeness (QED) is 0.526. The van der Waals surface area contributed by atoms with Gasteiger partial charge in [0.15, 0.2) is 5.76 Å². The van der Waals surface area contributed by atoms with E-state index in [2.05, 4.69) is 10.1 Å². The van der Waals surface area contributed by atoms with Gasteiger partial charge in [0.1, 0.15) is 22.0 Å². The number of hydrogen-bond donors (Lipinski definition) is 0. The first kappa shape index (κ1) is 13.6. The molecule has 0 spiro atoms. The molecular formula is C15H12ClN3O2S. The molecule has 4 aromatic rings. The van der Waals surface area contributed by atoms with Gasteiger partial charge in [0, 0.05) is 17.3 Å². The Morgan fingerprint density at radius 3 is 2.95 bits per heavy atom. The lowest BCUT2D eigenvalue weighted by molar-refractivity contribution is 0.414. The fourth-order valence-corrected chi connectivity index (χ4v) is 3.40. The molecule has 0 aliphatic carbocycles. The molecule has 0 saturated carbocycles. The van der Waals surface area contributed by atoms with E-state index >= 15 is 0 Å². The Balaban J connectivity index is 1.89. The summed E-state index contributed by atoms with van der Waals surface area (Å²) in [5.41, 5.74) is 2.47.